The molecule has 1 unspecified atom stereocenters. The molecule has 5 heteroatoms. The van der Waals surface area contributed by atoms with E-state index in [0.717, 1.165) is 61.5 Å². The molecule has 1 aliphatic carbocycles. The highest BCUT2D eigenvalue weighted by atomic mass is 16.5. The Morgan fingerprint density at radius 2 is 1.69 bits per heavy atom. The summed E-state index contributed by atoms with van der Waals surface area (Å²) in [5.74, 6) is 0.724. The minimum atomic E-state index is -0.368. The zero-order chi connectivity index (χ0) is 24.6. The average molecular weight is 472 g/mol. The van der Waals surface area contributed by atoms with Gasteiger partial charge in [0.15, 0.2) is 0 Å². The summed E-state index contributed by atoms with van der Waals surface area (Å²) in [6, 6.07) is 18.6. The van der Waals surface area contributed by atoms with Gasteiger partial charge in [-0.3, -0.25) is 4.90 Å². The summed E-state index contributed by atoms with van der Waals surface area (Å²) in [6.45, 7) is 9.95. The molecule has 2 N–H and O–H groups in total. The number of piperazine rings is 1. The molecular weight excluding hydrogens is 434 g/mol. The fourth-order valence-electron chi connectivity index (χ4n) is 4.59. The second-order valence-corrected chi connectivity index (χ2v) is 9.63. The third-order valence-electron chi connectivity index (χ3n) is 6.87. The molecule has 1 atom stereocenters. The lowest BCUT2D eigenvalue weighted by atomic mass is 9.96. The number of nitrogens with zero attached hydrogens (tertiary/aromatic N) is 2. The van der Waals surface area contributed by atoms with Crippen LogP contribution in [-0.4, -0.2) is 43.9 Å². The van der Waals surface area contributed by atoms with E-state index in [1.807, 2.05) is 30.3 Å². The fourth-order valence-corrected chi connectivity index (χ4v) is 4.59. The molecule has 5 nitrogen and oxygen atoms in total. The van der Waals surface area contributed by atoms with Crippen molar-refractivity contribution in [1.82, 2.24) is 4.90 Å². The van der Waals surface area contributed by atoms with Crippen molar-refractivity contribution in [3.05, 3.63) is 101 Å². The smallest absolute Gasteiger partial charge is 0.134 e. The minimum Gasteiger partial charge on any atom is -0.492 e. The van der Waals surface area contributed by atoms with Crippen molar-refractivity contribution in [2.24, 2.45) is 17.6 Å². The normalized spacial score (nSPS) is 19.0. The Morgan fingerprint density at radius 1 is 0.971 bits per heavy atom. The molecule has 35 heavy (non-hydrogen) atoms. The Morgan fingerprint density at radius 3 is 2.31 bits per heavy atom. The number of ether oxygens (including phenoxy) is 1. The zero-order valence-corrected chi connectivity index (χ0v) is 20.9. The lowest BCUT2D eigenvalue weighted by Gasteiger charge is -2.37. The first-order valence-electron chi connectivity index (χ1n) is 12.6. The first kappa shape index (κ1) is 25.0. The monoisotopic (exact) mass is 471 g/mol. The largest absolute Gasteiger partial charge is 0.492 e. The Hall–Kier alpha value is -3.15. The fraction of sp³-hybridized carbons (Fsp3) is 0.367. The highest BCUT2D eigenvalue weighted by Gasteiger charge is 2.26. The van der Waals surface area contributed by atoms with E-state index in [9.17, 15) is 4.79 Å². The van der Waals surface area contributed by atoms with E-state index in [2.05, 4.69) is 66.1 Å². The van der Waals surface area contributed by atoms with Gasteiger partial charge in [0, 0.05) is 45.0 Å². The SMILES string of the molecule is CC(C)C1=CC=C(CN2CCN(c3ccc(CN)cc3)CC2)C(C=O)C(OCc2ccccc2)=C1. The number of hydrogen-bond acceptors (Lipinski definition) is 5. The summed E-state index contributed by atoms with van der Waals surface area (Å²) in [7, 11) is 0. The Kier molecular flexibility index (Phi) is 8.56. The number of carbonyl (C=O) groups is 1. The number of benzene rings is 2. The van der Waals surface area contributed by atoms with Gasteiger partial charge < -0.3 is 20.2 Å². The summed E-state index contributed by atoms with van der Waals surface area (Å²) in [5, 5.41) is 0. The van der Waals surface area contributed by atoms with Crippen LogP contribution in [0.4, 0.5) is 5.69 Å². The summed E-state index contributed by atoms with van der Waals surface area (Å²) >= 11 is 0. The minimum absolute atomic E-state index is 0.349. The van der Waals surface area contributed by atoms with E-state index < -0.39 is 0 Å². The summed E-state index contributed by atoms with van der Waals surface area (Å²) in [4.78, 5) is 17.2. The molecular formula is C30H37N3O2. The molecule has 4 rings (SSSR count). The molecule has 0 aromatic heterocycles. The predicted octanol–water partition coefficient (Wildman–Crippen LogP) is 4.71. The Balaban J connectivity index is 1.43. The first-order chi connectivity index (χ1) is 17.1. The molecule has 1 heterocycles. The molecule has 184 valence electrons. The van der Waals surface area contributed by atoms with Gasteiger partial charge in [-0.2, -0.15) is 0 Å². The van der Waals surface area contributed by atoms with Crippen molar-refractivity contribution in [3.63, 3.8) is 0 Å². The number of allylic oxidation sites excluding steroid dienone is 5. The maximum absolute atomic E-state index is 12.3. The topological polar surface area (TPSA) is 58.8 Å². The van der Waals surface area contributed by atoms with Gasteiger partial charge in [-0.15, -0.1) is 0 Å². The maximum atomic E-state index is 12.3. The van der Waals surface area contributed by atoms with Crippen LogP contribution >= 0.6 is 0 Å². The lowest BCUT2D eigenvalue weighted by Crippen LogP contribution is -2.47. The third-order valence-corrected chi connectivity index (χ3v) is 6.87. The molecule has 2 aromatic carbocycles. The molecule has 0 spiro atoms. The van der Waals surface area contributed by atoms with Crippen molar-refractivity contribution in [2.45, 2.75) is 27.0 Å². The van der Waals surface area contributed by atoms with Crippen molar-refractivity contribution in [1.29, 1.82) is 0 Å². The molecule has 2 aliphatic rings. The summed E-state index contributed by atoms with van der Waals surface area (Å²) in [6.07, 6.45) is 7.40. The van der Waals surface area contributed by atoms with Gasteiger partial charge in [0.05, 0.1) is 5.92 Å². The lowest BCUT2D eigenvalue weighted by molar-refractivity contribution is -0.110. The van der Waals surface area contributed by atoms with E-state index in [1.165, 1.54) is 11.3 Å². The second-order valence-electron chi connectivity index (χ2n) is 9.63. The Labute approximate surface area is 209 Å². The van der Waals surface area contributed by atoms with Gasteiger partial charge in [0.2, 0.25) is 0 Å². The maximum Gasteiger partial charge on any atom is 0.134 e. The van der Waals surface area contributed by atoms with Crippen molar-refractivity contribution >= 4 is 12.0 Å². The molecule has 0 amide bonds. The summed E-state index contributed by atoms with van der Waals surface area (Å²) in [5.41, 5.74) is 11.5. The molecule has 0 saturated carbocycles. The van der Waals surface area contributed by atoms with E-state index in [-0.39, 0.29) is 5.92 Å². The van der Waals surface area contributed by atoms with E-state index >= 15 is 0 Å². The number of carbonyl (C=O) groups excluding carboxylic acids is 1. The number of nitrogens with two attached hydrogens (primary N) is 1. The molecule has 1 fully saturated rings. The predicted molar refractivity (Wildman–Crippen MR) is 143 cm³/mol. The zero-order valence-electron chi connectivity index (χ0n) is 20.9. The van der Waals surface area contributed by atoms with Crippen molar-refractivity contribution < 1.29 is 9.53 Å². The molecule has 2 aromatic rings. The van der Waals surface area contributed by atoms with Gasteiger partial charge in [0.25, 0.3) is 0 Å². The molecule has 0 radical (unpaired) electrons. The van der Waals surface area contributed by atoms with Gasteiger partial charge in [0.1, 0.15) is 18.7 Å². The third kappa shape index (κ3) is 6.50. The molecule has 0 bridgehead atoms. The number of aldehydes is 1. The van der Waals surface area contributed by atoms with E-state index in [4.69, 9.17) is 10.5 Å². The quantitative estimate of drug-likeness (QED) is 0.537. The highest BCUT2D eigenvalue weighted by molar-refractivity contribution is 5.65. The molecule has 1 aliphatic heterocycles. The van der Waals surface area contributed by atoms with E-state index in [0.29, 0.717) is 19.1 Å². The van der Waals surface area contributed by atoms with Crippen LogP contribution in [0.3, 0.4) is 0 Å². The second kappa shape index (κ2) is 12.0. The van der Waals surface area contributed by atoms with Crippen LogP contribution in [0.1, 0.15) is 25.0 Å². The van der Waals surface area contributed by atoms with Crippen molar-refractivity contribution in [2.75, 3.05) is 37.6 Å². The van der Waals surface area contributed by atoms with Crippen LogP contribution in [0.25, 0.3) is 0 Å². The van der Waals surface area contributed by atoms with E-state index in [1.54, 1.807) is 0 Å². The molecule has 1 saturated heterocycles. The van der Waals surface area contributed by atoms with Gasteiger partial charge in [-0.05, 0) is 46.4 Å². The van der Waals surface area contributed by atoms with Gasteiger partial charge >= 0.3 is 0 Å². The van der Waals surface area contributed by atoms with Gasteiger partial charge in [-0.25, -0.2) is 0 Å². The number of anilines is 1. The number of hydrogen-bond donors (Lipinski definition) is 1. The van der Waals surface area contributed by atoms with Crippen LogP contribution in [0.15, 0.2) is 89.7 Å². The summed E-state index contributed by atoms with van der Waals surface area (Å²) < 4.78 is 6.26. The van der Waals surface area contributed by atoms with Crippen LogP contribution < -0.4 is 10.6 Å². The van der Waals surface area contributed by atoms with Crippen LogP contribution in [0, 0.1) is 11.8 Å². The highest BCUT2D eigenvalue weighted by Crippen LogP contribution is 2.29. The van der Waals surface area contributed by atoms with Gasteiger partial charge in [-0.1, -0.05) is 68.5 Å². The van der Waals surface area contributed by atoms with Crippen LogP contribution in [0.2, 0.25) is 0 Å². The van der Waals surface area contributed by atoms with Crippen LogP contribution in [-0.2, 0) is 22.7 Å². The average Bonchev–Trinajstić information content (AvgIpc) is 3.07. The first-order valence-corrected chi connectivity index (χ1v) is 12.6. The number of rotatable bonds is 9. The standard InChI is InChI=1S/C30H37N3O2/c1-23(2)26-10-11-27(29(21-34)30(18-26)35-22-25-6-4-3-5-7-25)20-32-14-16-33(17-15-32)28-12-8-24(19-31)9-13-28/h3-13,18,21,23,29H,14-17,19-20,22,31H2,1-2H3. The van der Waals surface area contributed by atoms with Crippen LogP contribution in [0.5, 0.6) is 0 Å². The Bertz CT molecular complexity index is 1060. The van der Waals surface area contributed by atoms with Crippen molar-refractivity contribution in [3.8, 4) is 0 Å².